The zero-order chi connectivity index (χ0) is 21.2. The molecule has 2 N–H and O–H groups in total. The SMILES string of the molecule is C[C@H](OC(=O)CN1C(=O)N[C@]2(CCCC[C@H]2C)C1=O)C(=O)Nc1cccc(Cl)c1. The molecule has 4 amide bonds. The molecule has 1 aliphatic carbocycles. The van der Waals surface area contributed by atoms with Gasteiger partial charge in [0.05, 0.1) is 0 Å². The van der Waals surface area contributed by atoms with Gasteiger partial charge in [0.25, 0.3) is 11.8 Å². The van der Waals surface area contributed by atoms with Gasteiger partial charge in [0, 0.05) is 10.7 Å². The highest BCUT2D eigenvalue weighted by atomic mass is 35.5. The first-order valence-corrected chi connectivity index (χ1v) is 10.0. The van der Waals surface area contributed by atoms with Crippen molar-refractivity contribution < 1.29 is 23.9 Å². The summed E-state index contributed by atoms with van der Waals surface area (Å²) in [5.74, 6) is -1.78. The van der Waals surface area contributed by atoms with Crippen LogP contribution in [0.5, 0.6) is 0 Å². The minimum absolute atomic E-state index is 0.00359. The van der Waals surface area contributed by atoms with Crippen molar-refractivity contribution in [3.63, 3.8) is 0 Å². The van der Waals surface area contributed by atoms with E-state index in [4.69, 9.17) is 16.3 Å². The standard InChI is InChI=1S/C20H24ClN3O5/c1-12-6-3-4-9-20(12)18(27)24(19(28)23-20)11-16(25)29-13(2)17(26)22-15-8-5-7-14(21)10-15/h5,7-8,10,12-13H,3-4,6,9,11H2,1-2H3,(H,22,26)(H,23,28)/t12-,13+,20+/m1/s1. The Bertz CT molecular complexity index is 845. The quantitative estimate of drug-likeness (QED) is 0.561. The third-order valence-corrected chi connectivity index (χ3v) is 5.79. The molecule has 0 radical (unpaired) electrons. The number of benzene rings is 1. The van der Waals surface area contributed by atoms with E-state index in [-0.39, 0.29) is 5.92 Å². The summed E-state index contributed by atoms with van der Waals surface area (Å²) >= 11 is 5.87. The van der Waals surface area contributed by atoms with Gasteiger partial charge in [-0.1, -0.05) is 37.4 Å². The van der Waals surface area contributed by atoms with Crippen LogP contribution in [0, 0.1) is 5.92 Å². The monoisotopic (exact) mass is 421 g/mol. The van der Waals surface area contributed by atoms with Crippen LogP contribution < -0.4 is 10.6 Å². The van der Waals surface area contributed by atoms with Crippen molar-refractivity contribution in [2.45, 2.75) is 51.2 Å². The van der Waals surface area contributed by atoms with Gasteiger partial charge in [0.1, 0.15) is 12.1 Å². The highest BCUT2D eigenvalue weighted by Crippen LogP contribution is 2.38. The summed E-state index contributed by atoms with van der Waals surface area (Å²) in [6.07, 6.45) is 2.14. The first-order valence-electron chi connectivity index (χ1n) is 9.63. The molecule has 9 heteroatoms. The highest BCUT2D eigenvalue weighted by molar-refractivity contribution is 6.30. The van der Waals surface area contributed by atoms with Crippen molar-refractivity contribution in [2.75, 3.05) is 11.9 Å². The van der Waals surface area contributed by atoms with E-state index < -0.39 is 42.0 Å². The molecular weight excluding hydrogens is 398 g/mol. The number of imide groups is 1. The van der Waals surface area contributed by atoms with Gasteiger partial charge in [-0.25, -0.2) is 4.79 Å². The van der Waals surface area contributed by atoms with Crippen LogP contribution in [0.15, 0.2) is 24.3 Å². The molecule has 0 unspecified atom stereocenters. The Morgan fingerprint density at radius 2 is 2.14 bits per heavy atom. The summed E-state index contributed by atoms with van der Waals surface area (Å²) in [7, 11) is 0. The van der Waals surface area contributed by atoms with E-state index in [0.717, 1.165) is 24.2 Å². The number of rotatable bonds is 5. The largest absolute Gasteiger partial charge is 0.451 e. The van der Waals surface area contributed by atoms with Crippen molar-refractivity contribution in [2.24, 2.45) is 5.92 Å². The third kappa shape index (κ3) is 4.37. The lowest BCUT2D eigenvalue weighted by molar-refractivity contribution is -0.155. The summed E-state index contributed by atoms with van der Waals surface area (Å²) in [6.45, 7) is 2.81. The number of anilines is 1. The molecule has 2 aliphatic rings. The lowest BCUT2D eigenvalue weighted by atomic mass is 9.73. The molecule has 0 bridgehead atoms. The molecule has 2 fully saturated rings. The number of nitrogens with one attached hydrogen (secondary N) is 2. The smallest absolute Gasteiger partial charge is 0.327 e. The Balaban J connectivity index is 1.58. The fraction of sp³-hybridized carbons (Fsp3) is 0.500. The number of esters is 1. The molecule has 1 aromatic rings. The Morgan fingerprint density at radius 1 is 1.38 bits per heavy atom. The predicted octanol–water partition coefficient (Wildman–Crippen LogP) is 2.71. The van der Waals surface area contributed by atoms with E-state index in [1.54, 1.807) is 24.3 Å². The summed E-state index contributed by atoms with van der Waals surface area (Å²) in [6, 6.07) is 5.95. The number of nitrogens with zero attached hydrogens (tertiary/aromatic N) is 1. The van der Waals surface area contributed by atoms with Crippen molar-refractivity contribution in [3.8, 4) is 0 Å². The maximum absolute atomic E-state index is 12.9. The number of hydrogen-bond donors (Lipinski definition) is 2. The number of carbonyl (C=O) groups is 4. The van der Waals surface area contributed by atoms with Gasteiger partial charge < -0.3 is 15.4 Å². The van der Waals surface area contributed by atoms with Gasteiger partial charge in [-0.15, -0.1) is 0 Å². The van der Waals surface area contributed by atoms with E-state index in [1.165, 1.54) is 6.92 Å². The topological polar surface area (TPSA) is 105 Å². The number of hydrogen-bond acceptors (Lipinski definition) is 5. The van der Waals surface area contributed by atoms with Crippen LogP contribution >= 0.6 is 11.6 Å². The zero-order valence-corrected chi connectivity index (χ0v) is 17.1. The minimum Gasteiger partial charge on any atom is -0.451 e. The van der Waals surface area contributed by atoms with Gasteiger partial charge in [-0.2, -0.15) is 0 Å². The van der Waals surface area contributed by atoms with E-state index in [9.17, 15) is 19.2 Å². The zero-order valence-electron chi connectivity index (χ0n) is 16.4. The number of carbonyl (C=O) groups excluding carboxylic acids is 4. The van der Waals surface area contributed by atoms with Crippen LogP contribution in [-0.4, -0.2) is 46.9 Å². The van der Waals surface area contributed by atoms with Crippen molar-refractivity contribution in [1.82, 2.24) is 10.2 Å². The first kappa shape index (κ1) is 21.1. The van der Waals surface area contributed by atoms with Crippen LogP contribution in [0.4, 0.5) is 10.5 Å². The number of halogens is 1. The third-order valence-electron chi connectivity index (χ3n) is 5.56. The van der Waals surface area contributed by atoms with Gasteiger partial charge >= 0.3 is 12.0 Å². The molecule has 1 saturated heterocycles. The second-order valence-electron chi connectivity index (χ2n) is 7.57. The molecule has 1 aromatic carbocycles. The lowest BCUT2D eigenvalue weighted by Gasteiger charge is -2.36. The molecule has 1 aliphatic heterocycles. The second kappa shape index (κ2) is 8.41. The van der Waals surface area contributed by atoms with Crippen LogP contribution in [0.25, 0.3) is 0 Å². The predicted molar refractivity (Wildman–Crippen MR) is 106 cm³/mol. The Hall–Kier alpha value is -2.61. The van der Waals surface area contributed by atoms with E-state index in [0.29, 0.717) is 17.1 Å². The molecule has 8 nitrogen and oxygen atoms in total. The Kier molecular flexibility index (Phi) is 6.12. The van der Waals surface area contributed by atoms with E-state index in [1.807, 2.05) is 6.92 Å². The molecule has 1 heterocycles. The molecule has 0 aromatic heterocycles. The van der Waals surface area contributed by atoms with Gasteiger partial charge in [-0.3, -0.25) is 19.3 Å². The van der Waals surface area contributed by atoms with Crippen LogP contribution in [0.3, 0.4) is 0 Å². The summed E-state index contributed by atoms with van der Waals surface area (Å²) < 4.78 is 5.12. The van der Waals surface area contributed by atoms with E-state index in [2.05, 4.69) is 10.6 Å². The van der Waals surface area contributed by atoms with E-state index >= 15 is 0 Å². The average molecular weight is 422 g/mol. The average Bonchev–Trinajstić information content (AvgIpc) is 2.89. The molecule has 1 saturated carbocycles. The van der Waals surface area contributed by atoms with Crippen molar-refractivity contribution >= 4 is 41.1 Å². The molecule has 1 spiro atoms. The molecule has 3 atom stereocenters. The highest BCUT2D eigenvalue weighted by Gasteiger charge is 2.55. The van der Waals surface area contributed by atoms with Crippen LogP contribution in [0.2, 0.25) is 5.02 Å². The molecule has 156 valence electrons. The minimum atomic E-state index is -1.11. The normalized spacial score (nSPS) is 24.9. The fourth-order valence-electron chi connectivity index (χ4n) is 3.87. The summed E-state index contributed by atoms with van der Waals surface area (Å²) in [5.41, 5.74) is -0.474. The second-order valence-corrected chi connectivity index (χ2v) is 8.01. The molecule has 29 heavy (non-hydrogen) atoms. The fourth-order valence-corrected chi connectivity index (χ4v) is 4.06. The Labute approximate surface area is 173 Å². The summed E-state index contributed by atoms with van der Waals surface area (Å²) in [4.78, 5) is 50.6. The molecule has 3 rings (SSSR count). The van der Waals surface area contributed by atoms with Gasteiger partial charge in [0.2, 0.25) is 0 Å². The number of ether oxygens (including phenoxy) is 1. The maximum Gasteiger partial charge on any atom is 0.327 e. The van der Waals surface area contributed by atoms with Gasteiger partial charge in [0.15, 0.2) is 6.10 Å². The summed E-state index contributed by atoms with van der Waals surface area (Å²) in [5, 5.41) is 5.82. The van der Waals surface area contributed by atoms with Crippen LogP contribution in [0.1, 0.15) is 39.5 Å². The first-order chi connectivity index (χ1) is 13.7. The number of amides is 4. The van der Waals surface area contributed by atoms with Crippen LogP contribution in [-0.2, 0) is 19.1 Å². The lowest BCUT2D eigenvalue weighted by Crippen LogP contribution is -2.54. The molecular formula is C20H24ClN3O5. The Morgan fingerprint density at radius 3 is 2.83 bits per heavy atom. The van der Waals surface area contributed by atoms with Crippen molar-refractivity contribution in [1.29, 1.82) is 0 Å². The number of urea groups is 1. The van der Waals surface area contributed by atoms with Crippen molar-refractivity contribution in [3.05, 3.63) is 29.3 Å². The maximum atomic E-state index is 12.9. The van der Waals surface area contributed by atoms with Gasteiger partial charge in [-0.05, 0) is 43.9 Å².